The lowest BCUT2D eigenvalue weighted by Gasteiger charge is -2.06. The van der Waals surface area contributed by atoms with Gasteiger partial charge in [-0.2, -0.15) is 4.99 Å². The molecular weight excluding hydrogens is 407 g/mol. The highest BCUT2D eigenvalue weighted by Gasteiger charge is 2.15. The summed E-state index contributed by atoms with van der Waals surface area (Å²) in [6.45, 7) is 1.85. The minimum Gasteiger partial charge on any atom is -0.497 e. The molecule has 0 fully saturated rings. The summed E-state index contributed by atoms with van der Waals surface area (Å²) >= 11 is 7.18. The molecule has 1 amide bonds. The van der Waals surface area contributed by atoms with Crippen molar-refractivity contribution in [3.63, 3.8) is 0 Å². The van der Waals surface area contributed by atoms with E-state index in [0.29, 0.717) is 16.1 Å². The number of methoxy groups -OCH3 is 1. The number of carbonyl (C=O) groups excluding carboxylic acids is 2. The lowest BCUT2D eigenvalue weighted by Crippen LogP contribution is -2.23. The maximum absolute atomic E-state index is 13.2. The Balaban J connectivity index is 2.13. The minimum atomic E-state index is -0.638. The van der Waals surface area contributed by atoms with Crippen molar-refractivity contribution in [2.45, 2.75) is 13.5 Å². The van der Waals surface area contributed by atoms with Crippen LogP contribution in [-0.4, -0.2) is 30.2 Å². The quantitative estimate of drug-likeness (QED) is 0.586. The number of fused-ring (bicyclic) bond motifs is 1. The first-order valence-electron chi connectivity index (χ1n) is 8.30. The van der Waals surface area contributed by atoms with E-state index in [1.165, 1.54) is 17.4 Å². The molecule has 28 heavy (non-hydrogen) atoms. The Morgan fingerprint density at radius 2 is 2.04 bits per heavy atom. The number of ether oxygens (including phenoxy) is 2. The van der Waals surface area contributed by atoms with Crippen LogP contribution in [0.3, 0.4) is 0 Å². The van der Waals surface area contributed by atoms with E-state index >= 15 is 0 Å². The van der Waals surface area contributed by atoms with E-state index in [1.807, 2.05) is 0 Å². The SMILES string of the molecule is CCOC(=O)Cn1c(=NC(=O)c2ccc(F)cc2Cl)sc2cc(OC)ccc21. The lowest BCUT2D eigenvalue weighted by molar-refractivity contribution is -0.143. The number of esters is 1. The normalized spacial score (nSPS) is 11.6. The molecule has 3 aromatic rings. The van der Waals surface area contributed by atoms with Gasteiger partial charge in [-0.25, -0.2) is 4.39 Å². The standard InChI is InChI=1S/C19H16ClFN2O4S/c1-3-27-17(24)10-23-15-7-5-12(26-2)9-16(15)28-19(23)22-18(25)13-6-4-11(21)8-14(13)20/h4-9H,3,10H2,1-2H3. The van der Waals surface area contributed by atoms with Gasteiger partial charge in [0.1, 0.15) is 18.1 Å². The Kier molecular flexibility index (Phi) is 6.11. The first kappa shape index (κ1) is 20.0. The second-order valence-corrected chi connectivity index (χ2v) is 7.07. The minimum absolute atomic E-state index is 0.0338. The summed E-state index contributed by atoms with van der Waals surface area (Å²) in [7, 11) is 1.55. The molecule has 0 aliphatic carbocycles. The number of thiazole rings is 1. The van der Waals surface area contributed by atoms with Crippen molar-refractivity contribution in [2.24, 2.45) is 4.99 Å². The van der Waals surface area contributed by atoms with Crippen LogP contribution in [0.2, 0.25) is 5.02 Å². The maximum Gasteiger partial charge on any atom is 0.326 e. The van der Waals surface area contributed by atoms with Crippen LogP contribution < -0.4 is 9.54 Å². The molecule has 0 saturated heterocycles. The van der Waals surface area contributed by atoms with Crippen molar-refractivity contribution in [2.75, 3.05) is 13.7 Å². The van der Waals surface area contributed by atoms with Crippen molar-refractivity contribution in [1.29, 1.82) is 0 Å². The molecule has 1 heterocycles. The van der Waals surface area contributed by atoms with Crippen LogP contribution in [-0.2, 0) is 16.1 Å². The highest BCUT2D eigenvalue weighted by molar-refractivity contribution is 7.16. The number of hydrogen-bond donors (Lipinski definition) is 0. The number of hydrogen-bond acceptors (Lipinski definition) is 5. The second-order valence-electron chi connectivity index (χ2n) is 5.65. The zero-order valence-electron chi connectivity index (χ0n) is 15.1. The van der Waals surface area contributed by atoms with Crippen LogP contribution in [0.25, 0.3) is 10.2 Å². The predicted octanol–water partition coefficient (Wildman–Crippen LogP) is 3.81. The lowest BCUT2D eigenvalue weighted by atomic mass is 10.2. The number of amides is 1. The van der Waals surface area contributed by atoms with Crippen LogP contribution in [0.5, 0.6) is 5.75 Å². The van der Waals surface area contributed by atoms with Gasteiger partial charge in [0.15, 0.2) is 4.80 Å². The van der Waals surface area contributed by atoms with E-state index in [9.17, 15) is 14.0 Å². The number of rotatable bonds is 5. The van der Waals surface area contributed by atoms with E-state index in [1.54, 1.807) is 36.8 Å². The van der Waals surface area contributed by atoms with E-state index in [2.05, 4.69) is 4.99 Å². The van der Waals surface area contributed by atoms with E-state index in [4.69, 9.17) is 21.1 Å². The van der Waals surface area contributed by atoms with Crippen LogP contribution in [0.1, 0.15) is 17.3 Å². The molecule has 0 N–H and O–H groups in total. The zero-order chi connectivity index (χ0) is 20.3. The van der Waals surface area contributed by atoms with Crippen molar-refractivity contribution in [3.8, 4) is 5.75 Å². The third-order valence-corrected chi connectivity index (χ3v) is 5.20. The van der Waals surface area contributed by atoms with Gasteiger partial charge in [0.05, 0.1) is 34.5 Å². The molecule has 0 unspecified atom stereocenters. The van der Waals surface area contributed by atoms with Crippen molar-refractivity contribution in [3.05, 3.63) is 57.6 Å². The molecule has 9 heteroatoms. The Morgan fingerprint density at radius 3 is 2.71 bits per heavy atom. The monoisotopic (exact) mass is 422 g/mol. The second kappa shape index (κ2) is 8.53. The van der Waals surface area contributed by atoms with Gasteiger partial charge in [0.2, 0.25) is 0 Å². The summed E-state index contributed by atoms with van der Waals surface area (Å²) in [5.41, 5.74) is 0.774. The zero-order valence-corrected chi connectivity index (χ0v) is 16.6. The number of nitrogens with zero attached hydrogens (tertiary/aromatic N) is 2. The molecule has 0 bridgehead atoms. The van der Waals surface area contributed by atoms with Gasteiger partial charge in [0, 0.05) is 0 Å². The van der Waals surface area contributed by atoms with Gasteiger partial charge in [-0.1, -0.05) is 22.9 Å². The summed E-state index contributed by atoms with van der Waals surface area (Å²) < 4.78 is 25.8. The molecule has 0 aliphatic rings. The summed E-state index contributed by atoms with van der Waals surface area (Å²) in [6, 6.07) is 8.77. The highest BCUT2D eigenvalue weighted by atomic mass is 35.5. The first-order valence-corrected chi connectivity index (χ1v) is 9.49. The van der Waals surface area contributed by atoms with E-state index in [-0.39, 0.29) is 23.7 Å². The average Bonchev–Trinajstić information content (AvgIpc) is 2.97. The van der Waals surface area contributed by atoms with Gasteiger partial charge in [-0.05, 0) is 43.3 Å². The van der Waals surface area contributed by atoms with E-state index in [0.717, 1.165) is 16.8 Å². The maximum atomic E-state index is 13.2. The van der Waals surface area contributed by atoms with Crippen molar-refractivity contribution < 1.29 is 23.5 Å². The summed E-state index contributed by atoms with van der Waals surface area (Å²) in [4.78, 5) is 29.0. The van der Waals surface area contributed by atoms with Gasteiger partial charge in [-0.15, -0.1) is 0 Å². The molecular formula is C19H16ClFN2O4S. The highest BCUT2D eigenvalue weighted by Crippen LogP contribution is 2.24. The fourth-order valence-electron chi connectivity index (χ4n) is 2.56. The van der Waals surface area contributed by atoms with Crippen LogP contribution in [0.4, 0.5) is 4.39 Å². The van der Waals surface area contributed by atoms with Gasteiger partial charge < -0.3 is 14.0 Å². The molecule has 0 radical (unpaired) electrons. The molecule has 0 saturated carbocycles. The number of halogens is 2. The molecule has 0 aliphatic heterocycles. The van der Waals surface area contributed by atoms with Crippen LogP contribution >= 0.6 is 22.9 Å². The molecule has 146 valence electrons. The Morgan fingerprint density at radius 1 is 1.25 bits per heavy atom. The first-order chi connectivity index (χ1) is 13.4. The topological polar surface area (TPSA) is 69.9 Å². The molecule has 0 spiro atoms. The molecule has 1 aromatic heterocycles. The van der Waals surface area contributed by atoms with Gasteiger partial charge in [0.25, 0.3) is 5.91 Å². The Hall–Kier alpha value is -2.71. The van der Waals surface area contributed by atoms with Crippen molar-refractivity contribution >= 4 is 45.0 Å². The number of benzene rings is 2. The summed E-state index contributed by atoms with van der Waals surface area (Å²) in [5, 5.41) is -0.0338. The Bertz CT molecular complexity index is 1120. The molecule has 0 atom stereocenters. The van der Waals surface area contributed by atoms with E-state index < -0.39 is 17.7 Å². The largest absolute Gasteiger partial charge is 0.497 e. The molecule has 2 aromatic carbocycles. The smallest absolute Gasteiger partial charge is 0.326 e. The Labute approximate surface area is 168 Å². The van der Waals surface area contributed by atoms with Crippen LogP contribution in [0.15, 0.2) is 41.4 Å². The third-order valence-electron chi connectivity index (χ3n) is 3.84. The molecule has 6 nitrogen and oxygen atoms in total. The molecule has 3 rings (SSSR count). The summed E-state index contributed by atoms with van der Waals surface area (Å²) in [6.07, 6.45) is 0. The van der Waals surface area contributed by atoms with Crippen molar-refractivity contribution in [1.82, 2.24) is 4.57 Å². The number of carbonyl (C=O) groups is 2. The van der Waals surface area contributed by atoms with Gasteiger partial charge in [-0.3, -0.25) is 9.59 Å². The van der Waals surface area contributed by atoms with Gasteiger partial charge >= 0.3 is 5.97 Å². The predicted molar refractivity (Wildman–Crippen MR) is 104 cm³/mol. The fraction of sp³-hybridized carbons (Fsp3) is 0.211. The fourth-order valence-corrected chi connectivity index (χ4v) is 3.87. The number of aromatic nitrogens is 1. The summed E-state index contributed by atoms with van der Waals surface area (Å²) in [5.74, 6) is -1.00. The third kappa shape index (κ3) is 4.23. The van der Waals surface area contributed by atoms with Crippen LogP contribution in [0, 0.1) is 5.82 Å². The average molecular weight is 423 g/mol.